The van der Waals surface area contributed by atoms with Gasteiger partial charge in [-0.05, 0) is 41.5 Å². The number of nitrogens with zero attached hydrogens (tertiary/aromatic N) is 3. The zero-order valence-corrected chi connectivity index (χ0v) is 14.3. The van der Waals surface area contributed by atoms with Crippen LogP contribution in [0.1, 0.15) is 28.9 Å². The van der Waals surface area contributed by atoms with E-state index in [0.29, 0.717) is 5.56 Å². The van der Waals surface area contributed by atoms with Gasteiger partial charge in [0, 0.05) is 18.6 Å². The second-order valence-corrected chi connectivity index (χ2v) is 6.18. The zero-order valence-electron chi connectivity index (χ0n) is 14.3. The Morgan fingerprint density at radius 2 is 1.92 bits per heavy atom. The van der Waals surface area contributed by atoms with Crippen molar-refractivity contribution < 1.29 is 4.79 Å². The molecule has 1 amide bonds. The topological polar surface area (TPSA) is 59.8 Å². The van der Waals surface area contributed by atoms with Crippen molar-refractivity contribution in [1.29, 1.82) is 0 Å². The molecule has 2 aromatic carbocycles. The minimum atomic E-state index is -0.143. The number of carbonyl (C=O) groups is 1. The van der Waals surface area contributed by atoms with Crippen molar-refractivity contribution in [2.45, 2.75) is 13.0 Å². The van der Waals surface area contributed by atoms with Crippen LogP contribution >= 0.6 is 0 Å². The lowest BCUT2D eigenvalue weighted by atomic mass is 10.0. The molecule has 1 N–H and O–H groups in total. The highest BCUT2D eigenvalue weighted by Crippen LogP contribution is 2.20. The third-order valence-corrected chi connectivity index (χ3v) is 4.40. The Balaban J connectivity index is 1.49. The van der Waals surface area contributed by atoms with Gasteiger partial charge in [-0.1, -0.05) is 36.4 Å². The molecule has 1 atom stereocenters. The highest BCUT2D eigenvalue weighted by molar-refractivity contribution is 5.94. The first kappa shape index (κ1) is 16.0. The molecule has 0 saturated heterocycles. The Morgan fingerprint density at radius 3 is 2.65 bits per heavy atom. The highest BCUT2D eigenvalue weighted by atomic mass is 16.1. The summed E-state index contributed by atoms with van der Waals surface area (Å²) in [5.74, 6) is 0.581. The smallest absolute Gasteiger partial charge is 0.253 e. The Morgan fingerprint density at radius 1 is 1.08 bits per heavy atom. The SMILES string of the molecule is CC(NC(=O)c1ccc(-n2ccnc2)nc1)c1ccc2ccccc2c1. The molecule has 0 bridgehead atoms. The molecule has 0 saturated carbocycles. The van der Waals surface area contributed by atoms with E-state index in [0.717, 1.165) is 16.8 Å². The van der Waals surface area contributed by atoms with Gasteiger partial charge in [-0.25, -0.2) is 9.97 Å². The molecule has 4 rings (SSSR count). The van der Waals surface area contributed by atoms with Gasteiger partial charge < -0.3 is 5.32 Å². The fourth-order valence-electron chi connectivity index (χ4n) is 2.91. The molecule has 5 heteroatoms. The predicted molar refractivity (Wildman–Crippen MR) is 101 cm³/mol. The van der Waals surface area contributed by atoms with E-state index >= 15 is 0 Å². The van der Waals surface area contributed by atoms with E-state index in [9.17, 15) is 4.79 Å². The number of hydrogen-bond donors (Lipinski definition) is 1. The Hall–Kier alpha value is -3.47. The minimum Gasteiger partial charge on any atom is -0.345 e. The van der Waals surface area contributed by atoms with Gasteiger partial charge in [-0.15, -0.1) is 0 Å². The minimum absolute atomic E-state index is 0.0968. The lowest BCUT2D eigenvalue weighted by Gasteiger charge is -2.15. The van der Waals surface area contributed by atoms with E-state index in [2.05, 4.69) is 39.6 Å². The first-order valence-corrected chi connectivity index (χ1v) is 8.45. The van der Waals surface area contributed by atoms with Crippen LogP contribution in [0.15, 0.2) is 79.5 Å². The molecule has 2 aromatic heterocycles. The summed E-state index contributed by atoms with van der Waals surface area (Å²) in [4.78, 5) is 20.8. The normalized spacial score (nSPS) is 12.0. The molecular weight excluding hydrogens is 324 g/mol. The van der Waals surface area contributed by atoms with Crippen LogP contribution in [0.3, 0.4) is 0 Å². The van der Waals surface area contributed by atoms with Crippen molar-refractivity contribution in [3.63, 3.8) is 0 Å². The quantitative estimate of drug-likeness (QED) is 0.612. The number of carbonyl (C=O) groups excluding carboxylic acids is 1. The van der Waals surface area contributed by atoms with Gasteiger partial charge in [0.05, 0.1) is 11.6 Å². The lowest BCUT2D eigenvalue weighted by molar-refractivity contribution is 0.0939. The standard InChI is InChI=1S/C21H18N4O/c1-15(17-7-6-16-4-2-3-5-18(16)12-17)24-21(26)19-8-9-20(23-13-19)25-11-10-22-14-25/h2-15H,1H3,(H,24,26). The molecule has 5 nitrogen and oxygen atoms in total. The van der Waals surface area contributed by atoms with Crippen LogP contribution in [0.5, 0.6) is 0 Å². The number of pyridine rings is 1. The van der Waals surface area contributed by atoms with Crippen molar-refractivity contribution in [3.05, 3.63) is 90.6 Å². The van der Waals surface area contributed by atoms with Crippen LogP contribution in [0.4, 0.5) is 0 Å². The molecule has 0 aliphatic rings. The number of hydrogen-bond acceptors (Lipinski definition) is 3. The number of rotatable bonds is 4. The monoisotopic (exact) mass is 342 g/mol. The van der Waals surface area contributed by atoms with Crippen LogP contribution in [-0.4, -0.2) is 20.4 Å². The first-order valence-electron chi connectivity index (χ1n) is 8.45. The van der Waals surface area contributed by atoms with E-state index in [1.165, 1.54) is 5.39 Å². The molecule has 2 heterocycles. The van der Waals surface area contributed by atoms with Crippen LogP contribution in [0.25, 0.3) is 16.6 Å². The number of nitrogens with one attached hydrogen (secondary N) is 1. The van der Waals surface area contributed by atoms with Gasteiger partial charge in [0.2, 0.25) is 0 Å². The van der Waals surface area contributed by atoms with Crippen molar-refractivity contribution >= 4 is 16.7 Å². The fraction of sp³-hybridized carbons (Fsp3) is 0.0952. The molecule has 0 radical (unpaired) electrons. The molecule has 1 unspecified atom stereocenters. The average Bonchev–Trinajstić information content (AvgIpc) is 3.22. The van der Waals surface area contributed by atoms with Gasteiger partial charge in [-0.3, -0.25) is 9.36 Å². The Labute approximate surface area is 151 Å². The van der Waals surface area contributed by atoms with Gasteiger partial charge in [-0.2, -0.15) is 0 Å². The predicted octanol–water partition coefficient (Wildman–Crippen LogP) is 3.91. The molecule has 0 fully saturated rings. The van der Waals surface area contributed by atoms with Crippen molar-refractivity contribution in [2.75, 3.05) is 0 Å². The maximum atomic E-state index is 12.5. The van der Waals surface area contributed by atoms with Crippen molar-refractivity contribution in [2.24, 2.45) is 0 Å². The van der Waals surface area contributed by atoms with Crippen molar-refractivity contribution in [3.8, 4) is 5.82 Å². The summed E-state index contributed by atoms with van der Waals surface area (Å²) in [6, 6.07) is 17.9. The third kappa shape index (κ3) is 3.19. The maximum Gasteiger partial charge on any atom is 0.253 e. The number of aromatic nitrogens is 3. The summed E-state index contributed by atoms with van der Waals surface area (Å²) in [5.41, 5.74) is 1.60. The summed E-state index contributed by atoms with van der Waals surface area (Å²) in [7, 11) is 0. The van der Waals surface area contributed by atoms with Crippen LogP contribution in [-0.2, 0) is 0 Å². The molecule has 128 valence electrons. The molecule has 0 aliphatic carbocycles. The summed E-state index contributed by atoms with van der Waals surface area (Å²) < 4.78 is 1.79. The fourth-order valence-corrected chi connectivity index (χ4v) is 2.91. The average molecular weight is 342 g/mol. The van der Waals surface area contributed by atoms with E-state index < -0.39 is 0 Å². The highest BCUT2D eigenvalue weighted by Gasteiger charge is 2.12. The lowest BCUT2D eigenvalue weighted by Crippen LogP contribution is -2.26. The van der Waals surface area contributed by atoms with Gasteiger partial charge >= 0.3 is 0 Å². The van der Waals surface area contributed by atoms with E-state index in [1.807, 2.05) is 31.3 Å². The molecule has 0 spiro atoms. The number of imidazole rings is 1. The summed E-state index contributed by atoms with van der Waals surface area (Å²) in [6.07, 6.45) is 6.75. The molecular formula is C21H18N4O. The first-order chi connectivity index (χ1) is 12.7. The van der Waals surface area contributed by atoms with Crippen LogP contribution < -0.4 is 5.32 Å². The van der Waals surface area contributed by atoms with Gasteiger partial charge in [0.25, 0.3) is 5.91 Å². The van der Waals surface area contributed by atoms with Gasteiger partial charge in [0.15, 0.2) is 0 Å². The van der Waals surface area contributed by atoms with Crippen molar-refractivity contribution in [1.82, 2.24) is 19.9 Å². The number of fused-ring (bicyclic) bond motifs is 1. The van der Waals surface area contributed by atoms with E-state index in [1.54, 1.807) is 35.4 Å². The van der Waals surface area contributed by atoms with Crippen LogP contribution in [0, 0.1) is 0 Å². The molecule has 0 aliphatic heterocycles. The summed E-state index contributed by atoms with van der Waals surface area (Å²) in [5, 5.41) is 5.39. The number of benzene rings is 2. The third-order valence-electron chi connectivity index (χ3n) is 4.40. The Bertz CT molecular complexity index is 1040. The van der Waals surface area contributed by atoms with E-state index in [-0.39, 0.29) is 11.9 Å². The second-order valence-electron chi connectivity index (χ2n) is 6.18. The summed E-state index contributed by atoms with van der Waals surface area (Å²) >= 11 is 0. The summed E-state index contributed by atoms with van der Waals surface area (Å²) in [6.45, 7) is 1.98. The largest absolute Gasteiger partial charge is 0.345 e. The van der Waals surface area contributed by atoms with Gasteiger partial charge in [0.1, 0.15) is 12.1 Å². The zero-order chi connectivity index (χ0) is 17.9. The van der Waals surface area contributed by atoms with Crippen LogP contribution in [0.2, 0.25) is 0 Å². The maximum absolute atomic E-state index is 12.5. The number of amides is 1. The second kappa shape index (κ2) is 6.80. The van der Waals surface area contributed by atoms with E-state index in [4.69, 9.17) is 0 Å². The Kier molecular flexibility index (Phi) is 4.19. The molecule has 4 aromatic rings. The molecule has 26 heavy (non-hydrogen) atoms.